The highest BCUT2D eigenvalue weighted by atomic mass is 35.5. The topological polar surface area (TPSA) is 90.1 Å². The monoisotopic (exact) mass is 584 g/mol. The quantitative estimate of drug-likeness (QED) is 0.341. The summed E-state index contributed by atoms with van der Waals surface area (Å²) in [6, 6.07) is -0.436. The van der Waals surface area contributed by atoms with Gasteiger partial charge in [-0.05, 0) is 99.2 Å². The normalized spacial score (nSPS) is 35.2. The molecule has 3 aliphatic carbocycles. The Balaban J connectivity index is 0.00000280. The average Bonchev–Trinajstić information content (AvgIpc) is 2.91. The predicted molar refractivity (Wildman–Crippen MR) is 165 cm³/mol. The van der Waals surface area contributed by atoms with E-state index >= 15 is 0 Å². The van der Waals surface area contributed by atoms with Crippen LogP contribution in [0.25, 0.3) is 0 Å². The third kappa shape index (κ3) is 8.60. The number of carbonyl (C=O) groups is 2. The average molecular weight is 585 g/mol. The summed E-state index contributed by atoms with van der Waals surface area (Å²) in [5.74, 6) is 2.98. The van der Waals surface area contributed by atoms with Crippen LogP contribution in [0, 0.1) is 40.9 Å². The lowest BCUT2D eigenvalue weighted by molar-refractivity contribution is -0.143. The highest BCUT2D eigenvalue weighted by Crippen LogP contribution is 2.46. The number of alkyl halides is 1. The van der Waals surface area contributed by atoms with E-state index in [1.54, 1.807) is 0 Å². The molecular weight excluding hydrogens is 524 g/mol. The van der Waals surface area contributed by atoms with Gasteiger partial charge in [-0.15, -0.1) is 11.6 Å². The zero-order valence-electron chi connectivity index (χ0n) is 25.4. The molecule has 1 heterocycles. The van der Waals surface area contributed by atoms with Gasteiger partial charge in [0.25, 0.3) is 0 Å². The summed E-state index contributed by atoms with van der Waals surface area (Å²) in [6.07, 6.45) is 15.2. The van der Waals surface area contributed by atoms with E-state index in [0.29, 0.717) is 29.2 Å². The molecule has 0 radical (unpaired) electrons. The molecule has 234 valence electrons. The molecule has 4 aliphatic rings. The molecule has 6 atom stereocenters. The number of amides is 2. The maximum Gasteiger partial charge on any atom is 0.245 e. The number of ether oxygens (including phenoxy) is 1. The number of halogens is 1. The van der Waals surface area contributed by atoms with Crippen molar-refractivity contribution in [3.05, 3.63) is 0 Å². The first kappa shape index (κ1) is 35.3. The number of rotatable bonds is 7. The van der Waals surface area contributed by atoms with Gasteiger partial charge in [-0.25, -0.2) is 0 Å². The number of hydrogen-bond donors (Lipinski definition) is 1. The first-order valence-corrected chi connectivity index (χ1v) is 16.3. The Morgan fingerprint density at radius 2 is 1.52 bits per heavy atom. The van der Waals surface area contributed by atoms with Gasteiger partial charge in [-0.1, -0.05) is 54.4 Å². The number of likely N-dealkylation sites (tertiary alicyclic amines) is 1. The Morgan fingerprint density at radius 1 is 0.900 bits per heavy atom. The SMILES string of the molecule is C.COC1CCCC(C2CCCC(C(=O)N[C@@H](C(=O)N3CC[C@H](C4CCC(Cl)CC4)C(C)(C)C3)C(C)C)C2)C1.O. The van der Waals surface area contributed by atoms with Gasteiger partial charge in [0.05, 0.1) is 6.10 Å². The van der Waals surface area contributed by atoms with Gasteiger partial charge in [-0.3, -0.25) is 9.59 Å². The van der Waals surface area contributed by atoms with E-state index < -0.39 is 6.04 Å². The molecule has 6 nitrogen and oxygen atoms in total. The number of nitrogens with zero attached hydrogens (tertiary/aromatic N) is 1. The lowest BCUT2D eigenvalue weighted by atomic mass is 9.64. The first-order chi connectivity index (χ1) is 18.1. The van der Waals surface area contributed by atoms with Crippen molar-refractivity contribution in [3.63, 3.8) is 0 Å². The Hall–Kier alpha value is -0.850. The molecular formula is C33H61ClN2O4. The molecule has 7 heteroatoms. The minimum absolute atomic E-state index is 0. The second kappa shape index (κ2) is 15.6. The zero-order chi connectivity index (χ0) is 27.4. The number of piperidine rings is 1. The van der Waals surface area contributed by atoms with Crippen molar-refractivity contribution in [2.24, 2.45) is 40.9 Å². The number of hydrogen-bond acceptors (Lipinski definition) is 3. The highest BCUT2D eigenvalue weighted by molar-refractivity contribution is 6.20. The van der Waals surface area contributed by atoms with Crippen LogP contribution >= 0.6 is 11.6 Å². The number of carbonyl (C=O) groups excluding carboxylic acids is 2. The summed E-state index contributed by atoms with van der Waals surface area (Å²) < 4.78 is 5.68. The Kier molecular flexibility index (Phi) is 13.8. The molecule has 40 heavy (non-hydrogen) atoms. The van der Waals surface area contributed by atoms with Gasteiger partial charge < -0.3 is 20.4 Å². The smallest absolute Gasteiger partial charge is 0.245 e. The van der Waals surface area contributed by atoms with Gasteiger partial charge in [-0.2, -0.15) is 0 Å². The van der Waals surface area contributed by atoms with E-state index in [1.165, 1.54) is 38.5 Å². The molecule has 0 bridgehead atoms. The van der Waals surface area contributed by atoms with Gasteiger partial charge in [0.15, 0.2) is 0 Å². The summed E-state index contributed by atoms with van der Waals surface area (Å²) >= 11 is 6.39. The molecule has 3 saturated carbocycles. The van der Waals surface area contributed by atoms with Crippen molar-refractivity contribution >= 4 is 23.4 Å². The molecule has 0 aromatic carbocycles. The zero-order valence-corrected chi connectivity index (χ0v) is 26.1. The molecule has 4 fully saturated rings. The summed E-state index contributed by atoms with van der Waals surface area (Å²) in [5, 5.41) is 3.61. The Morgan fingerprint density at radius 3 is 2.12 bits per heavy atom. The molecule has 4 rings (SSSR count). The molecule has 0 aromatic rings. The minimum atomic E-state index is -0.436. The third-order valence-corrected chi connectivity index (χ3v) is 11.3. The van der Waals surface area contributed by atoms with Gasteiger partial charge in [0.2, 0.25) is 11.8 Å². The van der Waals surface area contributed by atoms with Crippen molar-refractivity contribution < 1.29 is 19.8 Å². The van der Waals surface area contributed by atoms with Crippen LogP contribution in [0.3, 0.4) is 0 Å². The largest absolute Gasteiger partial charge is 0.412 e. The molecule has 0 spiro atoms. The van der Waals surface area contributed by atoms with E-state index in [-0.39, 0.29) is 42.0 Å². The van der Waals surface area contributed by atoms with Gasteiger partial charge >= 0.3 is 0 Å². The third-order valence-electron chi connectivity index (χ3n) is 10.9. The molecule has 4 unspecified atom stereocenters. The van der Waals surface area contributed by atoms with Crippen LogP contribution in [0.1, 0.15) is 119 Å². The van der Waals surface area contributed by atoms with E-state index in [0.717, 1.165) is 64.0 Å². The first-order valence-electron chi connectivity index (χ1n) is 15.8. The molecule has 1 saturated heterocycles. The van der Waals surface area contributed by atoms with Crippen LogP contribution in [0.5, 0.6) is 0 Å². The van der Waals surface area contributed by atoms with Gasteiger partial charge in [0, 0.05) is 31.5 Å². The number of methoxy groups -OCH3 is 1. The lowest BCUT2D eigenvalue weighted by Crippen LogP contribution is -2.57. The molecule has 1 aliphatic heterocycles. The lowest BCUT2D eigenvalue weighted by Gasteiger charge is -2.49. The standard InChI is InChI=1S/C32H55ClN2O3.CH4.H2O/c1-21(2)29(31(37)35-17-16-28(32(3,4)20-35)22-12-14-26(33)15-13-22)34-30(36)25-10-6-8-23(18-25)24-9-7-11-27(19-24)38-5;;/h21-29H,6-20H2,1-5H3,(H,34,36);1H4;1H2/t22?,23?,24?,25?,26?,27?,28-,29-;;/m1../s1. The van der Waals surface area contributed by atoms with Crippen LogP contribution in [0.4, 0.5) is 0 Å². The van der Waals surface area contributed by atoms with Crippen molar-refractivity contribution in [2.75, 3.05) is 20.2 Å². The second-order valence-electron chi connectivity index (χ2n) is 14.3. The number of nitrogens with one attached hydrogen (secondary N) is 1. The van der Waals surface area contributed by atoms with Crippen LogP contribution in [0.2, 0.25) is 0 Å². The molecule has 0 aromatic heterocycles. The van der Waals surface area contributed by atoms with E-state index in [9.17, 15) is 9.59 Å². The maximum atomic E-state index is 13.8. The van der Waals surface area contributed by atoms with Crippen LogP contribution in [-0.2, 0) is 14.3 Å². The minimum Gasteiger partial charge on any atom is -0.412 e. The van der Waals surface area contributed by atoms with Crippen molar-refractivity contribution in [1.29, 1.82) is 0 Å². The second-order valence-corrected chi connectivity index (χ2v) is 14.9. The fourth-order valence-electron chi connectivity index (χ4n) is 8.62. The summed E-state index contributed by atoms with van der Waals surface area (Å²) in [6.45, 7) is 10.4. The Bertz CT molecular complexity index is 797. The maximum absolute atomic E-state index is 13.8. The van der Waals surface area contributed by atoms with Gasteiger partial charge in [0.1, 0.15) is 6.04 Å². The van der Waals surface area contributed by atoms with Crippen molar-refractivity contribution in [1.82, 2.24) is 10.2 Å². The van der Waals surface area contributed by atoms with E-state index in [1.807, 2.05) is 7.11 Å². The molecule has 2 amide bonds. The summed E-state index contributed by atoms with van der Waals surface area (Å²) in [5.41, 5.74) is 0.0832. The Labute approximate surface area is 250 Å². The summed E-state index contributed by atoms with van der Waals surface area (Å²) in [7, 11) is 1.84. The van der Waals surface area contributed by atoms with E-state index in [4.69, 9.17) is 16.3 Å². The van der Waals surface area contributed by atoms with Crippen LogP contribution < -0.4 is 5.32 Å². The fourth-order valence-corrected chi connectivity index (χ4v) is 8.87. The molecule has 3 N–H and O–H groups in total. The van der Waals surface area contributed by atoms with Crippen molar-refractivity contribution in [2.45, 2.75) is 136 Å². The summed E-state index contributed by atoms with van der Waals surface area (Å²) in [4.78, 5) is 29.4. The predicted octanol–water partition coefficient (Wildman–Crippen LogP) is 6.62. The van der Waals surface area contributed by atoms with Crippen LogP contribution in [0.15, 0.2) is 0 Å². The fraction of sp³-hybridized carbons (Fsp3) is 0.939. The van der Waals surface area contributed by atoms with E-state index in [2.05, 4.69) is 37.9 Å². The van der Waals surface area contributed by atoms with Crippen molar-refractivity contribution in [3.8, 4) is 0 Å². The van der Waals surface area contributed by atoms with Crippen LogP contribution in [-0.4, -0.2) is 59.9 Å². The highest BCUT2D eigenvalue weighted by Gasteiger charge is 2.44.